The molecule has 3 rings (SSSR count). The topological polar surface area (TPSA) is 117 Å². The molecule has 2 aliphatic rings. The smallest absolute Gasteiger partial charge is 0.325 e. The molecule has 3 N–H and O–H groups in total. The molecule has 3 atom stereocenters. The van der Waals surface area contributed by atoms with E-state index in [-0.39, 0.29) is 56.6 Å². The van der Waals surface area contributed by atoms with Crippen LogP contribution in [0.15, 0.2) is 18.2 Å². The molecule has 2 aliphatic heterocycles. The second kappa shape index (κ2) is 9.13. The van der Waals surface area contributed by atoms with Crippen molar-refractivity contribution in [2.24, 2.45) is 5.92 Å². The minimum absolute atomic E-state index is 0.0848. The maximum Gasteiger partial charge on any atom is 0.325 e. The number of ether oxygens (including phenoxy) is 2. The highest BCUT2D eigenvalue weighted by Gasteiger charge is 2.38. The largest absolute Gasteiger partial charge is 0.454 e. The van der Waals surface area contributed by atoms with Gasteiger partial charge in [0.05, 0.1) is 19.2 Å². The number of hydrogen-bond donors (Lipinski definition) is 3. The van der Waals surface area contributed by atoms with E-state index >= 15 is 0 Å². The van der Waals surface area contributed by atoms with Crippen LogP contribution in [0.4, 0.5) is 4.79 Å². The number of nitrogens with one attached hydrogen (secondary N) is 2. The lowest BCUT2D eigenvalue weighted by Gasteiger charge is -2.22. The average molecular weight is 405 g/mol. The molecule has 0 spiro atoms. The van der Waals surface area contributed by atoms with Gasteiger partial charge >= 0.3 is 6.03 Å². The molecule has 1 saturated heterocycles. The Hall–Kier alpha value is -2.81. The molecule has 1 aromatic carbocycles. The van der Waals surface area contributed by atoms with Gasteiger partial charge in [-0.2, -0.15) is 0 Å². The van der Waals surface area contributed by atoms with Crippen LogP contribution >= 0.6 is 0 Å². The van der Waals surface area contributed by atoms with Crippen molar-refractivity contribution in [2.45, 2.75) is 51.7 Å². The van der Waals surface area contributed by atoms with Gasteiger partial charge in [-0.05, 0) is 30.0 Å². The predicted molar refractivity (Wildman–Crippen MR) is 103 cm³/mol. The number of fused-ring (bicyclic) bond motifs is 1. The summed E-state index contributed by atoms with van der Waals surface area (Å²) in [4.78, 5) is 38.2. The zero-order valence-corrected chi connectivity index (χ0v) is 16.6. The zero-order valence-electron chi connectivity index (χ0n) is 16.6. The summed E-state index contributed by atoms with van der Waals surface area (Å²) in [7, 11) is 0. The molecule has 158 valence electrons. The van der Waals surface area contributed by atoms with Crippen LogP contribution in [0.3, 0.4) is 0 Å². The quantitative estimate of drug-likeness (QED) is 0.531. The van der Waals surface area contributed by atoms with E-state index < -0.39 is 12.1 Å². The number of benzene rings is 1. The lowest BCUT2D eigenvalue weighted by molar-refractivity contribution is -0.128. The van der Waals surface area contributed by atoms with E-state index in [4.69, 9.17) is 9.47 Å². The number of rotatable bonds is 9. The number of imide groups is 1. The first-order chi connectivity index (χ1) is 13.9. The molecule has 0 saturated carbocycles. The first-order valence-corrected chi connectivity index (χ1v) is 9.83. The van der Waals surface area contributed by atoms with Crippen LogP contribution in [-0.4, -0.2) is 53.3 Å². The number of nitrogens with zero attached hydrogens (tertiary/aromatic N) is 1. The lowest BCUT2D eigenvalue weighted by Crippen LogP contribution is -2.42. The number of hydrogen-bond acceptors (Lipinski definition) is 6. The lowest BCUT2D eigenvalue weighted by atomic mass is 9.99. The summed E-state index contributed by atoms with van der Waals surface area (Å²) >= 11 is 0. The van der Waals surface area contributed by atoms with Crippen molar-refractivity contribution in [3.63, 3.8) is 0 Å². The fourth-order valence-corrected chi connectivity index (χ4v) is 3.35. The standard InChI is InChI=1S/C20H27N3O6/c1-3-12(2)15(10-24)21-18(25)7-5-14-19(26)23(20(27)22-14)9-13-4-6-16-17(8-13)29-11-28-16/h4,6,8,12,14-15,24H,3,5,7,9-11H2,1-2H3,(H,21,25)(H,22,27)/t12-,14-,15-/m0/s1. The minimum atomic E-state index is -0.738. The van der Waals surface area contributed by atoms with Crippen LogP contribution in [-0.2, 0) is 16.1 Å². The summed E-state index contributed by atoms with van der Waals surface area (Å²) in [5, 5.41) is 14.8. The van der Waals surface area contributed by atoms with E-state index in [2.05, 4.69) is 10.6 Å². The van der Waals surface area contributed by atoms with Crippen LogP contribution in [0.2, 0.25) is 0 Å². The second-order valence-electron chi connectivity index (χ2n) is 7.39. The average Bonchev–Trinajstić information content (AvgIpc) is 3.29. The first kappa shape index (κ1) is 20.9. The summed E-state index contributed by atoms with van der Waals surface area (Å²) in [5.41, 5.74) is 0.746. The molecule has 0 radical (unpaired) electrons. The van der Waals surface area contributed by atoms with Gasteiger partial charge in [0, 0.05) is 6.42 Å². The summed E-state index contributed by atoms with van der Waals surface area (Å²) in [6.45, 7) is 4.07. The van der Waals surface area contributed by atoms with Crippen molar-refractivity contribution < 1.29 is 29.0 Å². The van der Waals surface area contributed by atoms with Crippen LogP contribution < -0.4 is 20.1 Å². The van der Waals surface area contributed by atoms with Gasteiger partial charge in [-0.3, -0.25) is 14.5 Å². The molecule has 2 heterocycles. The van der Waals surface area contributed by atoms with E-state index in [0.29, 0.717) is 11.5 Å². The predicted octanol–water partition coefficient (Wildman–Crippen LogP) is 1.14. The molecular weight excluding hydrogens is 378 g/mol. The second-order valence-corrected chi connectivity index (χ2v) is 7.39. The van der Waals surface area contributed by atoms with Crippen molar-refractivity contribution in [3.8, 4) is 11.5 Å². The highest BCUT2D eigenvalue weighted by Crippen LogP contribution is 2.33. The summed E-state index contributed by atoms with van der Waals surface area (Å²) in [6, 6.07) is 3.73. The molecule has 0 unspecified atom stereocenters. The number of aliphatic hydroxyl groups excluding tert-OH is 1. The highest BCUT2D eigenvalue weighted by molar-refractivity contribution is 6.04. The Morgan fingerprint density at radius 3 is 2.83 bits per heavy atom. The summed E-state index contributed by atoms with van der Waals surface area (Å²) in [6.07, 6.45) is 1.12. The van der Waals surface area contributed by atoms with Crippen molar-refractivity contribution in [3.05, 3.63) is 23.8 Å². The SMILES string of the molecule is CC[C@H](C)[C@H](CO)NC(=O)CC[C@@H]1NC(=O)N(Cc2ccc3c(c2)OCO3)C1=O. The summed E-state index contributed by atoms with van der Waals surface area (Å²) < 4.78 is 10.6. The van der Waals surface area contributed by atoms with Gasteiger partial charge in [0.1, 0.15) is 6.04 Å². The number of carbonyl (C=O) groups is 3. The monoisotopic (exact) mass is 405 g/mol. The van der Waals surface area contributed by atoms with Gasteiger partial charge in [-0.1, -0.05) is 26.3 Å². The Labute approximate surface area is 169 Å². The van der Waals surface area contributed by atoms with Gasteiger partial charge in [-0.15, -0.1) is 0 Å². The maximum atomic E-state index is 12.6. The Kier molecular flexibility index (Phi) is 6.58. The first-order valence-electron chi connectivity index (χ1n) is 9.83. The third-order valence-corrected chi connectivity index (χ3v) is 5.42. The molecule has 1 fully saturated rings. The third kappa shape index (κ3) is 4.79. The van der Waals surface area contributed by atoms with Gasteiger partial charge in [-0.25, -0.2) is 4.79 Å². The van der Waals surface area contributed by atoms with Crippen LogP contribution in [0, 0.1) is 5.92 Å². The molecule has 0 aromatic heterocycles. The van der Waals surface area contributed by atoms with Gasteiger partial charge in [0.2, 0.25) is 12.7 Å². The van der Waals surface area contributed by atoms with E-state index in [1.807, 2.05) is 13.8 Å². The normalized spacial score (nSPS) is 19.8. The van der Waals surface area contributed by atoms with E-state index in [9.17, 15) is 19.5 Å². The number of aliphatic hydroxyl groups is 1. The third-order valence-electron chi connectivity index (χ3n) is 5.42. The van der Waals surface area contributed by atoms with E-state index in [1.165, 1.54) is 0 Å². The molecule has 1 aromatic rings. The minimum Gasteiger partial charge on any atom is -0.454 e. The van der Waals surface area contributed by atoms with Crippen molar-refractivity contribution in [1.29, 1.82) is 0 Å². The van der Waals surface area contributed by atoms with Crippen molar-refractivity contribution >= 4 is 17.8 Å². The molecule has 0 bridgehead atoms. The van der Waals surface area contributed by atoms with Crippen molar-refractivity contribution in [2.75, 3.05) is 13.4 Å². The molecular formula is C20H27N3O6. The molecule has 29 heavy (non-hydrogen) atoms. The highest BCUT2D eigenvalue weighted by atomic mass is 16.7. The van der Waals surface area contributed by atoms with E-state index in [1.54, 1.807) is 18.2 Å². The van der Waals surface area contributed by atoms with Crippen LogP contribution in [0.5, 0.6) is 11.5 Å². The fourth-order valence-electron chi connectivity index (χ4n) is 3.35. The zero-order chi connectivity index (χ0) is 21.0. The number of amides is 4. The van der Waals surface area contributed by atoms with Gasteiger partial charge < -0.3 is 25.2 Å². The Morgan fingerprint density at radius 1 is 1.34 bits per heavy atom. The fraction of sp³-hybridized carbons (Fsp3) is 0.550. The Balaban J connectivity index is 1.53. The van der Waals surface area contributed by atoms with Crippen LogP contribution in [0.25, 0.3) is 0 Å². The molecule has 4 amide bonds. The number of carbonyl (C=O) groups excluding carboxylic acids is 3. The Bertz CT molecular complexity index is 783. The maximum absolute atomic E-state index is 12.6. The summed E-state index contributed by atoms with van der Waals surface area (Å²) in [5.74, 6) is 0.756. The van der Waals surface area contributed by atoms with Crippen molar-refractivity contribution in [1.82, 2.24) is 15.5 Å². The van der Waals surface area contributed by atoms with Gasteiger partial charge in [0.25, 0.3) is 5.91 Å². The van der Waals surface area contributed by atoms with Gasteiger partial charge in [0.15, 0.2) is 11.5 Å². The molecule has 0 aliphatic carbocycles. The molecule has 9 heteroatoms. The molecule has 9 nitrogen and oxygen atoms in total. The van der Waals surface area contributed by atoms with E-state index in [0.717, 1.165) is 16.9 Å². The number of urea groups is 1. The van der Waals surface area contributed by atoms with Crippen LogP contribution in [0.1, 0.15) is 38.7 Å². The Morgan fingerprint density at radius 2 is 2.10 bits per heavy atom.